The van der Waals surface area contributed by atoms with Crippen LogP contribution in [-0.4, -0.2) is 36.4 Å². The maximum absolute atomic E-state index is 11.3. The molecule has 0 N–H and O–H groups in total. The van der Waals surface area contributed by atoms with Crippen molar-refractivity contribution in [3.05, 3.63) is 59.2 Å². The highest BCUT2D eigenvalue weighted by atomic mass is 16.1. The molecule has 8 nitrogen and oxygen atoms in total. The summed E-state index contributed by atoms with van der Waals surface area (Å²) in [6.45, 7) is 0. The van der Waals surface area contributed by atoms with Gasteiger partial charge in [-0.05, 0) is 105 Å². The predicted octanol–water partition coefficient (Wildman–Crippen LogP) is 6.08. The van der Waals surface area contributed by atoms with Crippen molar-refractivity contribution >= 4 is 35.7 Å². The molecule has 2 fully saturated rings. The fraction of sp³-hybridized carbons (Fsp3) is 0.467. The average Bonchev–Trinajstić information content (AvgIpc) is 2.93. The van der Waals surface area contributed by atoms with Crippen LogP contribution in [0.4, 0.5) is 11.4 Å². The zero-order valence-electron chi connectivity index (χ0n) is 21.2. The van der Waals surface area contributed by atoms with Gasteiger partial charge in [-0.1, -0.05) is 24.3 Å². The summed E-state index contributed by atoms with van der Waals surface area (Å²) in [7, 11) is 0. The van der Waals surface area contributed by atoms with Crippen molar-refractivity contribution in [1.29, 1.82) is 0 Å². The van der Waals surface area contributed by atoms with Crippen LogP contribution in [0.25, 0.3) is 0 Å². The molecule has 4 rings (SSSR count). The van der Waals surface area contributed by atoms with Gasteiger partial charge in [0.1, 0.15) is 0 Å². The van der Waals surface area contributed by atoms with Crippen molar-refractivity contribution in [3.63, 3.8) is 0 Å². The van der Waals surface area contributed by atoms with Crippen molar-refractivity contribution < 1.29 is 19.2 Å². The summed E-state index contributed by atoms with van der Waals surface area (Å²) >= 11 is 0. The van der Waals surface area contributed by atoms with Gasteiger partial charge in [0.25, 0.3) is 0 Å². The van der Waals surface area contributed by atoms with Crippen LogP contribution < -0.4 is 0 Å². The van der Waals surface area contributed by atoms with Crippen molar-refractivity contribution in [1.82, 2.24) is 0 Å². The fourth-order valence-electron chi connectivity index (χ4n) is 6.21. The van der Waals surface area contributed by atoms with E-state index in [9.17, 15) is 19.2 Å². The summed E-state index contributed by atoms with van der Waals surface area (Å²) in [5.74, 6) is 1.01. The summed E-state index contributed by atoms with van der Waals surface area (Å²) in [5.41, 5.74) is 4.11. The number of nitrogens with zero attached hydrogens (tertiary/aromatic N) is 4. The first-order valence-corrected chi connectivity index (χ1v) is 13.1. The van der Waals surface area contributed by atoms with Crippen molar-refractivity contribution in [2.24, 2.45) is 31.8 Å². The van der Waals surface area contributed by atoms with Gasteiger partial charge in [-0.15, -0.1) is 0 Å². The highest BCUT2D eigenvalue weighted by molar-refractivity contribution is 5.57. The van der Waals surface area contributed by atoms with E-state index in [1.54, 1.807) is 36.5 Å². The van der Waals surface area contributed by atoms with Crippen molar-refractivity contribution in [2.75, 3.05) is 0 Å². The van der Waals surface area contributed by atoms with Gasteiger partial charge in [0, 0.05) is 5.92 Å². The second kappa shape index (κ2) is 13.5. The van der Waals surface area contributed by atoms with E-state index in [-0.39, 0.29) is 18.0 Å². The number of benzene rings is 2. The molecule has 0 heterocycles. The molecule has 0 bridgehead atoms. The number of hydrogen-bond acceptors (Lipinski definition) is 8. The third-order valence-corrected chi connectivity index (χ3v) is 8.04. The van der Waals surface area contributed by atoms with Crippen LogP contribution >= 0.6 is 0 Å². The van der Waals surface area contributed by atoms with E-state index in [1.165, 1.54) is 0 Å². The lowest BCUT2D eigenvalue weighted by atomic mass is 9.70. The lowest BCUT2D eigenvalue weighted by molar-refractivity contribution is 0.211. The van der Waals surface area contributed by atoms with Crippen molar-refractivity contribution in [3.8, 4) is 0 Å². The second-order valence-electron chi connectivity index (χ2n) is 10.3. The zero-order chi connectivity index (χ0) is 26.7. The molecule has 3 atom stereocenters. The predicted molar refractivity (Wildman–Crippen MR) is 142 cm³/mol. The van der Waals surface area contributed by atoms with Crippen LogP contribution in [0, 0.1) is 11.8 Å². The summed E-state index contributed by atoms with van der Waals surface area (Å²) in [6, 6.07) is 13.1. The summed E-state index contributed by atoms with van der Waals surface area (Å²) in [6.07, 6.45) is 15.0. The van der Waals surface area contributed by atoms with Crippen LogP contribution in [0.2, 0.25) is 0 Å². The number of hydrogen-bond donors (Lipinski definition) is 0. The smallest absolute Gasteiger partial charge is 0.211 e. The molecule has 194 valence electrons. The topological polar surface area (TPSA) is 118 Å². The molecule has 8 heteroatoms. The Morgan fingerprint density at radius 2 is 1.37 bits per heavy atom. The Hall–Kier alpha value is -4.04. The van der Waals surface area contributed by atoms with Gasteiger partial charge in [-0.3, -0.25) is 0 Å². The van der Waals surface area contributed by atoms with Crippen LogP contribution in [0.5, 0.6) is 0 Å². The summed E-state index contributed by atoms with van der Waals surface area (Å²) in [4.78, 5) is 59.3. The maximum atomic E-state index is 11.3. The van der Waals surface area contributed by atoms with E-state index in [4.69, 9.17) is 0 Å². The molecule has 2 aliphatic carbocycles. The van der Waals surface area contributed by atoms with E-state index >= 15 is 0 Å². The largest absolute Gasteiger partial charge is 0.240 e. The van der Waals surface area contributed by atoms with Gasteiger partial charge in [-0.2, -0.15) is 9.98 Å². The lowest BCUT2D eigenvalue weighted by Crippen LogP contribution is -2.28. The molecule has 2 aliphatic rings. The Morgan fingerprint density at radius 3 is 2.05 bits per heavy atom. The minimum absolute atomic E-state index is 0.0532. The third kappa shape index (κ3) is 7.04. The molecule has 0 spiro atoms. The summed E-state index contributed by atoms with van der Waals surface area (Å²) < 4.78 is 0. The molecular weight excluding hydrogens is 480 g/mol. The van der Waals surface area contributed by atoms with Gasteiger partial charge in [-0.25, -0.2) is 29.2 Å². The molecule has 0 saturated heterocycles. The van der Waals surface area contributed by atoms with Gasteiger partial charge in [0.2, 0.25) is 24.3 Å². The average molecular weight is 511 g/mol. The highest BCUT2D eigenvalue weighted by Crippen LogP contribution is 2.45. The van der Waals surface area contributed by atoms with Crippen LogP contribution in [0.15, 0.2) is 62.4 Å². The molecule has 2 aromatic carbocycles. The minimum Gasteiger partial charge on any atom is -0.211 e. The maximum Gasteiger partial charge on any atom is 0.240 e. The standard InChI is InChI=1S/C30H30N4O4/c35-17-31-25-7-1-21(2-8-25)13-23-5-11-29(33-19-37)27(15-23)28-16-24(6-12-30(28)34-20-38)14-22-3-9-26(10-4-22)32-18-36/h1-2,5,7-8,11,15,22,24,26,28,30H,3-4,6,9-10,12-14,16H2. The molecule has 38 heavy (non-hydrogen) atoms. The molecular formula is C30H30N4O4. The molecule has 0 radical (unpaired) electrons. The molecule has 0 aliphatic heterocycles. The molecule has 3 unspecified atom stereocenters. The Morgan fingerprint density at radius 1 is 0.684 bits per heavy atom. The van der Waals surface area contributed by atoms with E-state index in [2.05, 4.69) is 26.0 Å². The van der Waals surface area contributed by atoms with E-state index in [0.717, 1.165) is 68.1 Å². The normalized spacial score (nSPS) is 24.6. The quantitative estimate of drug-likeness (QED) is 0.300. The van der Waals surface area contributed by atoms with E-state index in [0.29, 0.717) is 29.6 Å². The first-order valence-electron chi connectivity index (χ1n) is 13.1. The number of aliphatic imine (C=N–C) groups is 4. The van der Waals surface area contributed by atoms with E-state index < -0.39 is 0 Å². The Balaban J connectivity index is 1.55. The lowest BCUT2D eigenvalue weighted by Gasteiger charge is -2.37. The molecule has 2 saturated carbocycles. The van der Waals surface area contributed by atoms with Crippen LogP contribution in [0.3, 0.4) is 0 Å². The monoisotopic (exact) mass is 510 g/mol. The zero-order valence-corrected chi connectivity index (χ0v) is 21.2. The van der Waals surface area contributed by atoms with Crippen LogP contribution in [-0.2, 0) is 25.6 Å². The Bertz CT molecular complexity index is 1310. The number of carbonyl (C=O) groups excluding carboxylic acids is 4. The third-order valence-electron chi connectivity index (χ3n) is 8.04. The fourth-order valence-corrected chi connectivity index (χ4v) is 6.21. The van der Waals surface area contributed by atoms with E-state index in [1.807, 2.05) is 24.3 Å². The second-order valence-corrected chi connectivity index (χ2v) is 10.3. The molecule has 0 aromatic heterocycles. The SMILES string of the molecule is O=C=Nc1ccc(Cc2ccc(N=C=O)c(C3CC(CC4CCC(N=C=O)CC4)CCC3N=C=O)c2)cc1. The highest BCUT2D eigenvalue weighted by Gasteiger charge is 2.35. The number of rotatable bonds is 9. The van der Waals surface area contributed by atoms with Gasteiger partial charge >= 0.3 is 0 Å². The molecule has 0 amide bonds. The van der Waals surface area contributed by atoms with Gasteiger partial charge < -0.3 is 0 Å². The first kappa shape index (κ1) is 27.0. The Labute approximate surface area is 221 Å². The van der Waals surface area contributed by atoms with Crippen LogP contribution in [0.1, 0.15) is 74.0 Å². The van der Waals surface area contributed by atoms with Crippen molar-refractivity contribution in [2.45, 2.75) is 75.8 Å². The van der Waals surface area contributed by atoms with Gasteiger partial charge in [0.05, 0.1) is 23.5 Å². The molecule has 2 aromatic rings. The summed E-state index contributed by atoms with van der Waals surface area (Å²) in [5, 5.41) is 0. The number of isocyanates is 4. The first-order chi connectivity index (χ1) is 18.6. The minimum atomic E-state index is -0.210. The Kier molecular flexibility index (Phi) is 9.59. The van der Waals surface area contributed by atoms with Gasteiger partial charge in [0.15, 0.2) is 0 Å².